The summed E-state index contributed by atoms with van der Waals surface area (Å²) >= 11 is 0. The lowest BCUT2D eigenvalue weighted by Gasteiger charge is -2.22. The third kappa shape index (κ3) is 4.59. The number of carbonyl (C=O) groups excluding carboxylic acids is 1. The number of fused-ring (bicyclic) bond motifs is 1. The first kappa shape index (κ1) is 22.5. The lowest BCUT2D eigenvalue weighted by atomic mass is 9.93. The standard InChI is InChI=1S/C28H28N2O3/c1-18-13-14-19(2)22(15-18)23(29-17-20-9-5-4-6-10-20)16-25(31)26-27(32)21-11-7-8-12-24(21)30(3)28(26)33/h4-15,23,29,32H,16-17H2,1-3H3/t23-/m0/s1. The molecule has 0 fully saturated rings. The van der Waals surface area contributed by atoms with Gasteiger partial charge in [-0.2, -0.15) is 0 Å². The smallest absolute Gasteiger partial charge is 0.265 e. The minimum absolute atomic E-state index is 0.0538. The largest absolute Gasteiger partial charge is 0.506 e. The molecule has 1 heterocycles. The van der Waals surface area contributed by atoms with E-state index in [0.717, 1.165) is 22.3 Å². The number of rotatable bonds is 7. The number of hydrogen-bond donors (Lipinski definition) is 2. The van der Waals surface area contributed by atoms with E-state index in [4.69, 9.17) is 0 Å². The second-order valence-electron chi connectivity index (χ2n) is 8.51. The second-order valence-corrected chi connectivity index (χ2v) is 8.51. The summed E-state index contributed by atoms with van der Waals surface area (Å²) in [6.45, 7) is 4.61. The molecule has 168 valence electrons. The van der Waals surface area contributed by atoms with Crippen molar-refractivity contribution >= 4 is 16.7 Å². The summed E-state index contributed by atoms with van der Waals surface area (Å²) in [5.74, 6) is -0.633. The molecule has 0 saturated heterocycles. The number of benzene rings is 3. The maximum absolute atomic E-state index is 13.5. The van der Waals surface area contributed by atoms with E-state index >= 15 is 0 Å². The number of Topliss-reactive ketones (excluding diaryl/α,β-unsaturated/α-hetero) is 1. The number of carbonyl (C=O) groups is 1. The molecule has 0 aliphatic carbocycles. The van der Waals surface area contributed by atoms with Gasteiger partial charge in [-0.25, -0.2) is 0 Å². The number of nitrogens with one attached hydrogen (secondary N) is 1. The molecular formula is C28H28N2O3. The van der Waals surface area contributed by atoms with Gasteiger partial charge in [0.25, 0.3) is 5.56 Å². The Kier molecular flexibility index (Phi) is 6.43. The Balaban J connectivity index is 1.72. The minimum atomic E-state index is -0.487. The SMILES string of the molecule is Cc1ccc(C)c([C@H](CC(=O)c2c(O)c3ccccc3n(C)c2=O)NCc2ccccc2)c1. The summed E-state index contributed by atoms with van der Waals surface area (Å²) in [5.41, 5.74) is 4.21. The van der Waals surface area contributed by atoms with Crippen LogP contribution in [-0.4, -0.2) is 15.5 Å². The number of aromatic nitrogens is 1. The van der Waals surface area contributed by atoms with E-state index in [2.05, 4.69) is 11.4 Å². The van der Waals surface area contributed by atoms with E-state index in [1.54, 1.807) is 31.3 Å². The average molecular weight is 441 g/mol. The van der Waals surface area contributed by atoms with Gasteiger partial charge < -0.3 is 15.0 Å². The van der Waals surface area contributed by atoms with Crippen LogP contribution in [0.4, 0.5) is 0 Å². The van der Waals surface area contributed by atoms with Crippen LogP contribution in [0.1, 0.15) is 45.1 Å². The monoisotopic (exact) mass is 440 g/mol. The summed E-state index contributed by atoms with van der Waals surface area (Å²) in [6.07, 6.45) is 0.0538. The lowest BCUT2D eigenvalue weighted by Crippen LogP contribution is -2.29. The normalized spacial score (nSPS) is 12.1. The zero-order valence-corrected chi connectivity index (χ0v) is 19.1. The summed E-state index contributed by atoms with van der Waals surface area (Å²) < 4.78 is 1.42. The maximum atomic E-state index is 13.5. The van der Waals surface area contributed by atoms with Gasteiger partial charge in [0.1, 0.15) is 11.3 Å². The Hall–Kier alpha value is -3.70. The number of hydrogen-bond acceptors (Lipinski definition) is 4. The second kappa shape index (κ2) is 9.43. The highest BCUT2D eigenvalue weighted by Crippen LogP contribution is 2.29. The van der Waals surface area contributed by atoms with Gasteiger partial charge in [0, 0.05) is 31.4 Å². The summed E-state index contributed by atoms with van der Waals surface area (Å²) in [4.78, 5) is 26.5. The Labute approximate surface area is 193 Å². The third-order valence-electron chi connectivity index (χ3n) is 6.15. The fourth-order valence-corrected chi connectivity index (χ4v) is 4.28. The fourth-order valence-electron chi connectivity index (χ4n) is 4.28. The Bertz CT molecular complexity index is 1370. The van der Waals surface area contributed by atoms with E-state index in [0.29, 0.717) is 17.4 Å². The predicted octanol–water partition coefficient (Wildman–Crippen LogP) is 4.96. The molecule has 2 N–H and O–H groups in total. The van der Waals surface area contributed by atoms with Crippen molar-refractivity contribution in [2.24, 2.45) is 7.05 Å². The fraction of sp³-hybridized carbons (Fsp3) is 0.214. The number of ketones is 1. The minimum Gasteiger partial charge on any atom is -0.506 e. The first-order valence-electron chi connectivity index (χ1n) is 11.0. The molecule has 33 heavy (non-hydrogen) atoms. The zero-order chi connectivity index (χ0) is 23.5. The molecular weight excluding hydrogens is 412 g/mol. The van der Waals surface area contributed by atoms with Crippen LogP contribution in [0, 0.1) is 13.8 Å². The van der Waals surface area contributed by atoms with Gasteiger partial charge in [-0.1, -0.05) is 66.2 Å². The molecule has 0 spiro atoms. The lowest BCUT2D eigenvalue weighted by molar-refractivity contribution is 0.0963. The van der Waals surface area contributed by atoms with Gasteiger partial charge >= 0.3 is 0 Å². The van der Waals surface area contributed by atoms with Crippen LogP contribution in [0.25, 0.3) is 10.9 Å². The topological polar surface area (TPSA) is 71.3 Å². The van der Waals surface area contributed by atoms with Crippen molar-refractivity contribution in [1.29, 1.82) is 0 Å². The first-order valence-corrected chi connectivity index (χ1v) is 11.0. The van der Waals surface area contributed by atoms with Crippen LogP contribution in [0.2, 0.25) is 0 Å². The Morgan fingerprint density at radius 3 is 2.45 bits per heavy atom. The highest BCUT2D eigenvalue weighted by molar-refractivity contribution is 6.03. The number of aryl methyl sites for hydroxylation is 3. The number of pyridine rings is 1. The van der Waals surface area contributed by atoms with E-state index in [1.165, 1.54) is 4.57 Å². The average Bonchev–Trinajstić information content (AvgIpc) is 2.82. The van der Waals surface area contributed by atoms with Crippen molar-refractivity contribution < 1.29 is 9.90 Å². The molecule has 3 aromatic carbocycles. The summed E-state index contributed by atoms with van der Waals surface area (Å²) in [5, 5.41) is 14.9. The maximum Gasteiger partial charge on any atom is 0.265 e. The highest BCUT2D eigenvalue weighted by Gasteiger charge is 2.25. The van der Waals surface area contributed by atoms with E-state index < -0.39 is 5.56 Å². The van der Waals surface area contributed by atoms with Crippen molar-refractivity contribution in [1.82, 2.24) is 9.88 Å². The molecule has 0 aliphatic heterocycles. The first-order chi connectivity index (χ1) is 15.9. The summed E-state index contributed by atoms with van der Waals surface area (Å²) in [6, 6.07) is 22.9. The molecule has 0 radical (unpaired) electrons. The van der Waals surface area contributed by atoms with Gasteiger partial charge in [0.05, 0.1) is 5.52 Å². The van der Waals surface area contributed by atoms with Crippen LogP contribution in [0.3, 0.4) is 0 Å². The van der Waals surface area contributed by atoms with Crippen molar-refractivity contribution in [3.8, 4) is 5.75 Å². The van der Waals surface area contributed by atoms with Gasteiger partial charge in [-0.05, 0) is 42.7 Å². The number of para-hydroxylation sites is 1. The predicted molar refractivity (Wildman–Crippen MR) is 132 cm³/mol. The number of nitrogens with zero attached hydrogens (tertiary/aromatic N) is 1. The van der Waals surface area contributed by atoms with Crippen LogP contribution in [-0.2, 0) is 13.6 Å². The van der Waals surface area contributed by atoms with Crippen LogP contribution < -0.4 is 10.9 Å². The molecule has 4 rings (SSSR count). The van der Waals surface area contributed by atoms with Gasteiger partial charge in [0.2, 0.25) is 0 Å². The molecule has 5 nitrogen and oxygen atoms in total. The summed E-state index contributed by atoms with van der Waals surface area (Å²) in [7, 11) is 1.62. The van der Waals surface area contributed by atoms with Gasteiger partial charge in [-0.15, -0.1) is 0 Å². The van der Waals surface area contributed by atoms with Crippen LogP contribution in [0.15, 0.2) is 77.6 Å². The van der Waals surface area contributed by atoms with Crippen molar-refractivity contribution in [3.63, 3.8) is 0 Å². The van der Waals surface area contributed by atoms with Crippen LogP contribution in [0.5, 0.6) is 5.75 Å². The molecule has 5 heteroatoms. The highest BCUT2D eigenvalue weighted by atomic mass is 16.3. The number of aromatic hydroxyl groups is 1. The Morgan fingerprint density at radius 2 is 1.70 bits per heavy atom. The molecule has 0 amide bonds. The molecule has 0 aliphatic rings. The van der Waals surface area contributed by atoms with Crippen LogP contribution >= 0.6 is 0 Å². The van der Waals surface area contributed by atoms with Crippen molar-refractivity contribution in [2.75, 3.05) is 0 Å². The molecule has 1 aromatic heterocycles. The van der Waals surface area contributed by atoms with Crippen molar-refractivity contribution in [2.45, 2.75) is 32.9 Å². The molecule has 4 aromatic rings. The molecule has 0 bridgehead atoms. The van der Waals surface area contributed by atoms with E-state index in [9.17, 15) is 14.7 Å². The van der Waals surface area contributed by atoms with Gasteiger partial charge in [-0.3, -0.25) is 9.59 Å². The zero-order valence-electron chi connectivity index (χ0n) is 19.1. The van der Waals surface area contributed by atoms with Gasteiger partial charge in [0.15, 0.2) is 5.78 Å². The molecule has 0 unspecified atom stereocenters. The Morgan fingerprint density at radius 1 is 1.00 bits per heavy atom. The van der Waals surface area contributed by atoms with E-state index in [1.807, 2.05) is 56.3 Å². The quantitative estimate of drug-likeness (QED) is 0.398. The molecule has 0 saturated carbocycles. The van der Waals surface area contributed by atoms with E-state index in [-0.39, 0.29) is 29.6 Å². The molecule has 1 atom stereocenters. The third-order valence-corrected chi connectivity index (χ3v) is 6.15. The van der Waals surface area contributed by atoms with Crippen molar-refractivity contribution in [3.05, 3.63) is 111 Å².